The van der Waals surface area contributed by atoms with E-state index in [-0.39, 0.29) is 0 Å². The van der Waals surface area contributed by atoms with Crippen LogP contribution in [-0.4, -0.2) is 28.3 Å². The molecular weight excluding hydrogens is 312 g/mol. The molecule has 2 aliphatic carbocycles. The Morgan fingerprint density at radius 3 is 2.80 bits per heavy atom. The SMILES string of the molecule is C=C1CCc2cc(OCCC(C)C)cnc2N1[C@H]1C[C@@](O)(C2CC2)C1. The van der Waals surface area contributed by atoms with Crippen LogP contribution in [0.2, 0.25) is 0 Å². The zero-order chi connectivity index (χ0) is 17.6. The number of hydrogen-bond acceptors (Lipinski definition) is 4. The van der Waals surface area contributed by atoms with Gasteiger partial charge in [0.2, 0.25) is 0 Å². The van der Waals surface area contributed by atoms with Crippen LogP contribution >= 0.6 is 0 Å². The minimum absolute atomic E-state index is 0.345. The van der Waals surface area contributed by atoms with Crippen molar-refractivity contribution in [3.63, 3.8) is 0 Å². The first-order valence-corrected chi connectivity index (χ1v) is 9.77. The Balaban J connectivity index is 1.47. The Labute approximate surface area is 150 Å². The first-order chi connectivity index (χ1) is 12.0. The molecule has 0 radical (unpaired) electrons. The van der Waals surface area contributed by atoms with E-state index in [4.69, 9.17) is 9.72 Å². The fraction of sp³-hybridized carbons (Fsp3) is 0.667. The Bertz CT molecular complexity index is 660. The molecule has 25 heavy (non-hydrogen) atoms. The zero-order valence-electron chi connectivity index (χ0n) is 15.5. The third-order valence-electron chi connectivity index (χ3n) is 6.01. The van der Waals surface area contributed by atoms with Crippen molar-refractivity contribution in [1.29, 1.82) is 0 Å². The summed E-state index contributed by atoms with van der Waals surface area (Å²) >= 11 is 0. The average Bonchev–Trinajstić information content (AvgIpc) is 3.37. The number of aryl methyl sites for hydroxylation is 1. The van der Waals surface area contributed by atoms with E-state index in [1.807, 2.05) is 6.20 Å². The van der Waals surface area contributed by atoms with Gasteiger partial charge >= 0.3 is 0 Å². The molecule has 0 unspecified atom stereocenters. The Morgan fingerprint density at radius 1 is 1.36 bits per heavy atom. The van der Waals surface area contributed by atoms with Gasteiger partial charge in [0.1, 0.15) is 11.6 Å². The molecule has 0 spiro atoms. The number of nitrogens with zero attached hydrogens (tertiary/aromatic N) is 2. The van der Waals surface area contributed by atoms with Gasteiger partial charge < -0.3 is 14.7 Å². The molecule has 2 saturated carbocycles. The fourth-order valence-electron chi connectivity index (χ4n) is 4.25. The predicted octanol–water partition coefficient (Wildman–Crippen LogP) is 4.08. The van der Waals surface area contributed by atoms with Gasteiger partial charge in [0, 0.05) is 11.7 Å². The van der Waals surface area contributed by atoms with E-state index in [0.29, 0.717) is 17.9 Å². The molecule has 1 aromatic heterocycles. The summed E-state index contributed by atoms with van der Waals surface area (Å²) in [5.74, 6) is 3.07. The lowest BCUT2D eigenvalue weighted by molar-refractivity contribution is -0.0662. The number of anilines is 1. The molecule has 2 fully saturated rings. The number of aliphatic hydroxyl groups is 1. The number of rotatable bonds is 6. The van der Waals surface area contributed by atoms with Gasteiger partial charge in [-0.2, -0.15) is 0 Å². The summed E-state index contributed by atoms with van der Waals surface area (Å²) in [6.07, 6.45) is 8.92. The summed E-state index contributed by atoms with van der Waals surface area (Å²) in [5, 5.41) is 10.7. The average molecular weight is 342 g/mol. The van der Waals surface area contributed by atoms with Crippen LogP contribution in [0.15, 0.2) is 24.5 Å². The highest BCUT2D eigenvalue weighted by Crippen LogP contribution is 2.53. The van der Waals surface area contributed by atoms with E-state index in [2.05, 4.69) is 31.4 Å². The molecule has 1 N–H and O–H groups in total. The quantitative estimate of drug-likeness (QED) is 0.846. The number of ether oxygens (including phenoxy) is 1. The molecule has 0 aromatic carbocycles. The molecule has 136 valence electrons. The van der Waals surface area contributed by atoms with Crippen LogP contribution in [0, 0.1) is 11.8 Å². The van der Waals surface area contributed by atoms with Crippen molar-refractivity contribution in [2.24, 2.45) is 11.8 Å². The summed E-state index contributed by atoms with van der Waals surface area (Å²) < 4.78 is 5.88. The molecule has 3 aliphatic rings. The van der Waals surface area contributed by atoms with Crippen LogP contribution in [0.5, 0.6) is 5.75 Å². The highest BCUT2D eigenvalue weighted by atomic mass is 16.5. The van der Waals surface area contributed by atoms with Gasteiger partial charge in [0.05, 0.1) is 18.4 Å². The lowest BCUT2D eigenvalue weighted by Gasteiger charge is -2.51. The summed E-state index contributed by atoms with van der Waals surface area (Å²) in [4.78, 5) is 7.00. The van der Waals surface area contributed by atoms with E-state index in [1.165, 1.54) is 18.4 Å². The number of fused-ring (bicyclic) bond motifs is 1. The van der Waals surface area contributed by atoms with Gasteiger partial charge in [-0.3, -0.25) is 0 Å². The molecule has 2 heterocycles. The highest BCUT2D eigenvalue weighted by molar-refractivity contribution is 5.58. The third-order valence-corrected chi connectivity index (χ3v) is 6.01. The molecule has 0 amide bonds. The number of hydrogen-bond donors (Lipinski definition) is 1. The molecule has 4 heteroatoms. The van der Waals surface area contributed by atoms with Crippen LogP contribution in [0.4, 0.5) is 5.82 Å². The van der Waals surface area contributed by atoms with Crippen LogP contribution in [0.1, 0.15) is 57.9 Å². The van der Waals surface area contributed by atoms with Gasteiger partial charge in [0.25, 0.3) is 0 Å². The minimum Gasteiger partial charge on any atom is -0.492 e. The van der Waals surface area contributed by atoms with Gasteiger partial charge in [-0.05, 0) is 68.4 Å². The molecule has 0 saturated heterocycles. The third kappa shape index (κ3) is 3.29. The van der Waals surface area contributed by atoms with Crippen molar-refractivity contribution in [3.05, 3.63) is 30.1 Å². The van der Waals surface area contributed by atoms with Crippen molar-refractivity contribution in [3.8, 4) is 5.75 Å². The normalized spacial score (nSPS) is 28.7. The van der Waals surface area contributed by atoms with Crippen molar-refractivity contribution in [2.45, 2.75) is 70.4 Å². The summed E-state index contributed by atoms with van der Waals surface area (Å²) in [7, 11) is 0. The van der Waals surface area contributed by atoms with Crippen LogP contribution in [0.25, 0.3) is 0 Å². The standard InChI is InChI=1S/C21H30N2O2/c1-14(2)8-9-25-19-10-16-5-4-15(3)23(20(16)22-13-19)18-11-21(24,12-18)17-6-7-17/h10,13-14,17-18,24H,3-9,11-12H2,1-2H3/t18-,21-. The second-order valence-corrected chi connectivity index (χ2v) is 8.56. The number of allylic oxidation sites excluding steroid dienone is 1. The van der Waals surface area contributed by atoms with Crippen molar-refractivity contribution in [2.75, 3.05) is 11.5 Å². The fourth-order valence-corrected chi connectivity index (χ4v) is 4.25. The number of aromatic nitrogens is 1. The van der Waals surface area contributed by atoms with E-state index < -0.39 is 5.60 Å². The lowest BCUT2D eigenvalue weighted by Crippen LogP contribution is -2.57. The zero-order valence-corrected chi connectivity index (χ0v) is 15.5. The van der Waals surface area contributed by atoms with E-state index >= 15 is 0 Å². The predicted molar refractivity (Wildman–Crippen MR) is 99.8 cm³/mol. The molecule has 0 atom stereocenters. The van der Waals surface area contributed by atoms with Crippen molar-refractivity contribution in [1.82, 2.24) is 4.98 Å². The molecule has 4 rings (SSSR count). The van der Waals surface area contributed by atoms with Crippen LogP contribution < -0.4 is 9.64 Å². The molecule has 4 nitrogen and oxygen atoms in total. The Morgan fingerprint density at radius 2 is 2.12 bits per heavy atom. The Kier molecular flexibility index (Phi) is 4.27. The van der Waals surface area contributed by atoms with Crippen LogP contribution in [0.3, 0.4) is 0 Å². The molecule has 1 aliphatic heterocycles. The lowest BCUT2D eigenvalue weighted by atomic mass is 9.71. The van der Waals surface area contributed by atoms with E-state index in [0.717, 1.165) is 56.0 Å². The van der Waals surface area contributed by atoms with Gasteiger partial charge in [-0.15, -0.1) is 0 Å². The molecule has 0 bridgehead atoms. The van der Waals surface area contributed by atoms with Gasteiger partial charge in [0.15, 0.2) is 0 Å². The second-order valence-electron chi connectivity index (χ2n) is 8.56. The highest BCUT2D eigenvalue weighted by Gasteiger charge is 2.54. The van der Waals surface area contributed by atoms with E-state index in [9.17, 15) is 5.11 Å². The summed E-state index contributed by atoms with van der Waals surface area (Å²) in [6.45, 7) is 9.43. The van der Waals surface area contributed by atoms with Gasteiger partial charge in [-0.25, -0.2) is 4.98 Å². The molecular formula is C21H30N2O2. The number of pyridine rings is 1. The summed E-state index contributed by atoms with van der Waals surface area (Å²) in [5.41, 5.74) is 1.95. The van der Waals surface area contributed by atoms with Crippen LogP contribution in [-0.2, 0) is 6.42 Å². The first kappa shape index (κ1) is 16.9. The maximum absolute atomic E-state index is 10.7. The maximum Gasteiger partial charge on any atom is 0.138 e. The molecule has 1 aromatic rings. The summed E-state index contributed by atoms with van der Waals surface area (Å²) in [6, 6.07) is 2.49. The largest absolute Gasteiger partial charge is 0.492 e. The minimum atomic E-state index is -0.428. The second kappa shape index (κ2) is 6.31. The monoisotopic (exact) mass is 342 g/mol. The van der Waals surface area contributed by atoms with Gasteiger partial charge in [-0.1, -0.05) is 20.4 Å². The van der Waals surface area contributed by atoms with E-state index in [1.54, 1.807) is 0 Å². The Hall–Kier alpha value is -1.55. The van der Waals surface area contributed by atoms with Crippen molar-refractivity contribution >= 4 is 5.82 Å². The topological polar surface area (TPSA) is 45.6 Å². The smallest absolute Gasteiger partial charge is 0.138 e. The first-order valence-electron chi connectivity index (χ1n) is 9.77. The van der Waals surface area contributed by atoms with Crippen molar-refractivity contribution < 1.29 is 9.84 Å². The maximum atomic E-state index is 10.7.